The Morgan fingerprint density at radius 3 is 2.56 bits per heavy atom. The van der Waals surface area contributed by atoms with E-state index in [1.807, 2.05) is 20.8 Å². The third kappa shape index (κ3) is 4.20. The zero-order chi connectivity index (χ0) is 13.8. The van der Waals surface area contributed by atoms with Crippen molar-refractivity contribution in [3.8, 4) is 0 Å². The van der Waals surface area contributed by atoms with Crippen molar-refractivity contribution >= 4 is 11.9 Å². The highest BCUT2D eigenvalue weighted by Crippen LogP contribution is 2.15. The van der Waals surface area contributed by atoms with Crippen LogP contribution in [-0.2, 0) is 16.0 Å². The number of rotatable bonds is 5. The Morgan fingerprint density at radius 2 is 2.11 bits per heavy atom. The van der Waals surface area contributed by atoms with Crippen LogP contribution in [0.4, 0.5) is 0 Å². The normalized spacial score (nSPS) is 11.3. The number of amides is 1. The van der Waals surface area contributed by atoms with Gasteiger partial charge >= 0.3 is 5.97 Å². The summed E-state index contributed by atoms with van der Waals surface area (Å²) in [6, 6.07) is 1.73. The Bertz CT molecular complexity index is 407. The van der Waals surface area contributed by atoms with Crippen LogP contribution in [0, 0.1) is 0 Å². The molecule has 1 rings (SSSR count). The van der Waals surface area contributed by atoms with Crippen molar-refractivity contribution in [3.63, 3.8) is 0 Å². The predicted octanol–water partition coefficient (Wildman–Crippen LogP) is 1.05. The summed E-state index contributed by atoms with van der Waals surface area (Å²) in [4.78, 5) is 24.4. The lowest BCUT2D eigenvalue weighted by Crippen LogP contribution is -2.47. The van der Waals surface area contributed by atoms with E-state index in [1.54, 1.807) is 17.2 Å². The molecule has 1 amide bonds. The molecular weight excluding hydrogens is 234 g/mol. The van der Waals surface area contributed by atoms with Crippen LogP contribution in [0.25, 0.3) is 0 Å². The minimum atomic E-state index is -0.904. The summed E-state index contributed by atoms with van der Waals surface area (Å²) in [6.45, 7) is 5.88. The first-order chi connectivity index (χ1) is 8.30. The van der Waals surface area contributed by atoms with Gasteiger partial charge in [0, 0.05) is 24.0 Å². The third-order valence-corrected chi connectivity index (χ3v) is 2.56. The first kappa shape index (κ1) is 14.2. The van der Waals surface area contributed by atoms with Gasteiger partial charge in [0.2, 0.25) is 5.91 Å². The molecule has 0 bridgehead atoms. The number of carbonyl (C=O) groups excluding carboxylic acids is 1. The van der Waals surface area contributed by atoms with Gasteiger partial charge in [0.25, 0.3) is 0 Å². The second-order valence-electron chi connectivity index (χ2n) is 5.12. The molecular formula is C12H19N3O3. The third-order valence-electron chi connectivity index (χ3n) is 2.56. The van der Waals surface area contributed by atoms with Crippen LogP contribution in [0.1, 0.15) is 32.9 Å². The first-order valence-corrected chi connectivity index (χ1v) is 5.81. The monoisotopic (exact) mass is 253 g/mol. The number of carboxylic acids is 1. The average molecular weight is 253 g/mol. The van der Waals surface area contributed by atoms with Crippen LogP contribution in [0.2, 0.25) is 0 Å². The summed E-state index contributed by atoms with van der Waals surface area (Å²) >= 11 is 0. The van der Waals surface area contributed by atoms with Crippen LogP contribution in [0.15, 0.2) is 12.3 Å². The summed E-state index contributed by atoms with van der Waals surface area (Å²) < 4.78 is 0. The van der Waals surface area contributed by atoms with Gasteiger partial charge in [-0.05, 0) is 26.8 Å². The number of nitrogens with one attached hydrogen (secondary N) is 1. The lowest BCUT2D eigenvalue weighted by atomic mass is 10.0. The van der Waals surface area contributed by atoms with E-state index < -0.39 is 11.5 Å². The molecule has 0 atom stereocenters. The summed E-state index contributed by atoms with van der Waals surface area (Å²) in [6.07, 6.45) is 1.74. The smallest absolute Gasteiger partial charge is 0.305 e. The maximum absolute atomic E-state index is 12.2. The molecule has 0 spiro atoms. The van der Waals surface area contributed by atoms with Crippen LogP contribution in [0.3, 0.4) is 0 Å². The molecule has 0 unspecified atom stereocenters. The lowest BCUT2D eigenvalue weighted by Gasteiger charge is -2.35. The Kier molecular flexibility index (Phi) is 4.47. The molecule has 0 saturated heterocycles. The number of carboxylic acid groups (broad SMARTS) is 1. The molecule has 6 heteroatoms. The van der Waals surface area contributed by atoms with Crippen molar-refractivity contribution in [2.45, 2.75) is 39.2 Å². The van der Waals surface area contributed by atoms with Gasteiger partial charge in [0.15, 0.2) is 0 Å². The molecule has 6 nitrogen and oxygen atoms in total. The van der Waals surface area contributed by atoms with Gasteiger partial charge in [0.1, 0.15) is 0 Å². The number of aromatic amines is 1. The van der Waals surface area contributed by atoms with Gasteiger partial charge in [-0.15, -0.1) is 0 Å². The minimum Gasteiger partial charge on any atom is -0.481 e. The highest BCUT2D eigenvalue weighted by Gasteiger charge is 2.26. The van der Waals surface area contributed by atoms with Gasteiger partial charge in [-0.2, -0.15) is 5.10 Å². The van der Waals surface area contributed by atoms with E-state index in [1.165, 1.54) is 0 Å². The molecule has 0 aromatic carbocycles. The lowest BCUT2D eigenvalue weighted by molar-refractivity contribution is -0.140. The van der Waals surface area contributed by atoms with Crippen LogP contribution in [-0.4, -0.2) is 44.2 Å². The van der Waals surface area contributed by atoms with Crippen molar-refractivity contribution in [2.24, 2.45) is 0 Å². The molecule has 0 aliphatic rings. The average Bonchev–Trinajstić information content (AvgIpc) is 2.67. The Labute approximate surface area is 106 Å². The van der Waals surface area contributed by atoms with E-state index in [-0.39, 0.29) is 25.3 Å². The number of H-pyrrole nitrogens is 1. The number of hydrogen-bond acceptors (Lipinski definition) is 3. The molecule has 0 aliphatic heterocycles. The summed E-state index contributed by atoms with van der Waals surface area (Å²) in [5.41, 5.74) is 0.330. The van der Waals surface area contributed by atoms with E-state index in [4.69, 9.17) is 5.11 Å². The molecule has 1 heterocycles. The molecule has 0 aliphatic carbocycles. The number of aliphatic carboxylic acids is 1. The van der Waals surface area contributed by atoms with Crippen molar-refractivity contribution in [2.75, 3.05) is 6.54 Å². The number of nitrogens with zero attached hydrogens (tertiary/aromatic N) is 2. The van der Waals surface area contributed by atoms with Crippen LogP contribution < -0.4 is 0 Å². The number of hydrogen-bond donors (Lipinski definition) is 2. The summed E-state index contributed by atoms with van der Waals surface area (Å²) in [5.74, 6) is -1.01. The first-order valence-electron chi connectivity index (χ1n) is 5.81. The quantitative estimate of drug-likeness (QED) is 0.821. The molecule has 0 fully saturated rings. The largest absolute Gasteiger partial charge is 0.481 e. The molecule has 0 radical (unpaired) electrons. The Balaban J connectivity index is 2.70. The van der Waals surface area contributed by atoms with Crippen molar-refractivity contribution in [1.29, 1.82) is 0 Å². The fourth-order valence-electron chi connectivity index (χ4n) is 1.68. The maximum Gasteiger partial charge on any atom is 0.305 e. The Morgan fingerprint density at radius 1 is 1.44 bits per heavy atom. The van der Waals surface area contributed by atoms with Gasteiger partial charge in [-0.1, -0.05) is 0 Å². The van der Waals surface area contributed by atoms with E-state index in [0.29, 0.717) is 0 Å². The molecule has 2 N–H and O–H groups in total. The zero-order valence-corrected chi connectivity index (χ0v) is 10.9. The molecule has 18 heavy (non-hydrogen) atoms. The van der Waals surface area contributed by atoms with Gasteiger partial charge in [-0.3, -0.25) is 14.7 Å². The minimum absolute atomic E-state index is 0.0496. The highest BCUT2D eigenvalue weighted by molar-refractivity contribution is 5.79. The molecule has 0 saturated carbocycles. The van der Waals surface area contributed by atoms with Gasteiger partial charge in [-0.25, -0.2) is 0 Å². The fourth-order valence-corrected chi connectivity index (χ4v) is 1.68. The summed E-state index contributed by atoms with van der Waals surface area (Å²) in [7, 11) is 0. The SMILES string of the molecule is CC(C)(C)N(CCC(=O)O)C(=O)Cc1ccn[nH]1. The van der Waals surface area contributed by atoms with Crippen molar-refractivity contribution in [1.82, 2.24) is 15.1 Å². The predicted molar refractivity (Wildman–Crippen MR) is 66.0 cm³/mol. The fraction of sp³-hybridized carbons (Fsp3) is 0.583. The zero-order valence-electron chi connectivity index (χ0n) is 10.9. The second kappa shape index (κ2) is 5.66. The van der Waals surface area contributed by atoms with Crippen LogP contribution in [0.5, 0.6) is 0 Å². The number of aromatic nitrogens is 2. The highest BCUT2D eigenvalue weighted by atomic mass is 16.4. The molecule has 1 aromatic heterocycles. The standard InChI is InChI=1S/C12H19N3O3/c1-12(2,3)15(7-5-11(17)18)10(16)8-9-4-6-13-14-9/h4,6H,5,7-8H2,1-3H3,(H,13,14)(H,17,18). The maximum atomic E-state index is 12.2. The molecule has 100 valence electrons. The van der Waals surface area contributed by atoms with Crippen LogP contribution >= 0.6 is 0 Å². The second-order valence-corrected chi connectivity index (χ2v) is 5.12. The van der Waals surface area contributed by atoms with E-state index in [2.05, 4.69) is 10.2 Å². The van der Waals surface area contributed by atoms with Gasteiger partial charge in [0.05, 0.1) is 12.8 Å². The van der Waals surface area contributed by atoms with E-state index >= 15 is 0 Å². The molecule has 1 aromatic rings. The number of carbonyl (C=O) groups is 2. The van der Waals surface area contributed by atoms with Crippen molar-refractivity contribution in [3.05, 3.63) is 18.0 Å². The topological polar surface area (TPSA) is 86.3 Å². The van der Waals surface area contributed by atoms with E-state index in [9.17, 15) is 9.59 Å². The van der Waals surface area contributed by atoms with Crippen molar-refractivity contribution < 1.29 is 14.7 Å². The van der Waals surface area contributed by atoms with E-state index in [0.717, 1.165) is 5.69 Å². The Hall–Kier alpha value is -1.85. The van der Waals surface area contributed by atoms with Gasteiger partial charge < -0.3 is 10.0 Å². The summed E-state index contributed by atoms with van der Waals surface area (Å²) in [5, 5.41) is 15.2.